The van der Waals surface area contributed by atoms with Crippen molar-refractivity contribution in [3.63, 3.8) is 0 Å². The second-order valence-corrected chi connectivity index (χ2v) is 2.98. The molecule has 0 aliphatic rings. The molecule has 0 aliphatic heterocycles. The lowest BCUT2D eigenvalue weighted by atomic mass is 10.5. The molecule has 0 atom stereocenters. The van der Waals surface area contributed by atoms with E-state index in [9.17, 15) is 13.2 Å². The summed E-state index contributed by atoms with van der Waals surface area (Å²) >= 11 is 10.4. The van der Waals surface area contributed by atoms with Crippen LogP contribution in [0.4, 0.5) is 13.2 Å². The highest BCUT2D eigenvalue weighted by molar-refractivity contribution is 6.44. The van der Waals surface area contributed by atoms with E-state index < -0.39 is 17.0 Å². The zero-order valence-electron chi connectivity index (χ0n) is 6.18. The van der Waals surface area contributed by atoms with Crippen LogP contribution in [0.25, 0.3) is 0 Å². The third-order valence-corrected chi connectivity index (χ3v) is 1.03. The highest BCUT2D eigenvalue weighted by Crippen LogP contribution is 2.13. The predicted molar refractivity (Wildman–Crippen MR) is 40.9 cm³/mol. The Labute approximate surface area is 82.1 Å². The molecule has 0 fully saturated rings. The van der Waals surface area contributed by atoms with E-state index in [0.717, 1.165) is 0 Å². The Balaban J connectivity index is 0. The van der Waals surface area contributed by atoms with Crippen molar-refractivity contribution in [1.29, 1.82) is 0 Å². The molecule has 0 radical (unpaired) electrons. The van der Waals surface area contributed by atoms with Crippen molar-refractivity contribution in [2.45, 2.75) is 17.4 Å². The summed E-state index contributed by atoms with van der Waals surface area (Å²) < 4.78 is 31.7. The predicted octanol–water partition coefficient (Wildman–Crippen LogP) is 1.81. The maximum absolute atomic E-state index is 10.6. The first-order valence-electron chi connectivity index (χ1n) is 2.91. The summed E-state index contributed by atoms with van der Waals surface area (Å²) in [5, 5.41) is 15.2. The number of aliphatic carboxylic acids is 1. The van der Waals surface area contributed by atoms with Gasteiger partial charge in [-0.2, -0.15) is 13.2 Å². The van der Waals surface area contributed by atoms with Crippen LogP contribution in [-0.4, -0.2) is 33.8 Å². The number of hydrogen-bond acceptors (Lipinski definition) is 2. The molecule has 3 nitrogen and oxygen atoms in total. The Morgan fingerprint density at radius 2 is 1.69 bits per heavy atom. The van der Waals surface area contributed by atoms with Crippen LogP contribution in [0, 0.1) is 0 Å². The standard InChI is InChI=1S/C3H6Cl2O.C2HF3O2/c4-3(5)1-2-6;3-2(4,5)1(6)7/h3,6H,1-2H2;(H,6,7). The first-order valence-corrected chi connectivity index (χ1v) is 3.78. The minimum absolute atomic E-state index is 0.0671. The molecule has 0 rings (SSSR count). The molecule has 0 aliphatic carbocycles. The molecule has 0 unspecified atom stereocenters. The number of aliphatic hydroxyl groups excluding tert-OH is 1. The van der Waals surface area contributed by atoms with E-state index in [2.05, 4.69) is 0 Å². The number of hydrogen-bond donors (Lipinski definition) is 2. The van der Waals surface area contributed by atoms with Crippen molar-refractivity contribution in [2.75, 3.05) is 6.61 Å². The number of alkyl halides is 5. The Bertz CT molecular complexity index is 148. The number of rotatable bonds is 2. The van der Waals surface area contributed by atoms with Crippen molar-refractivity contribution in [2.24, 2.45) is 0 Å². The smallest absolute Gasteiger partial charge is 0.475 e. The summed E-state index contributed by atoms with van der Waals surface area (Å²) in [7, 11) is 0. The van der Waals surface area contributed by atoms with E-state index >= 15 is 0 Å². The van der Waals surface area contributed by atoms with Gasteiger partial charge in [0, 0.05) is 13.0 Å². The molecule has 0 aromatic carbocycles. The molecule has 0 spiro atoms. The van der Waals surface area contributed by atoms with Crippen molar-refractivity contribution in [1.82, 2.24) is 0 Å². The van der Waals surface area contributed by atoms with Crippen LogP contribution >= 0.6 is 23.2 Å². The second-order valence-electron chi connectivity index (χ2n) is 1.71. The van der Waals surface area contributed by atoms with Gasteiger partial charge in [0.25, 0.3) is 0 Å². The summed E-state index contributed by atoms with van der Waals surface area (Å²) in [4.78, 5) is 8.49. The van der Waals surface area contributed by atoms with Gasteiger partial charge in [-0.3, -0.25) is 0 Å². The normalized spacial score (nSPS) is 10.7. The maximum Gasteiger partial charge on any atom is 0.490 e. The number of carboxylic acids is 1. The quantitative estimate of drug-likeness (QED) is 0.727. The van der Waals surface area contributed by atoms with Gasteiger partial charge in [0.05, 0.1) is 0 Å². The number of carbonyl (C=O) groups is 1. The van der Waals surface area contributed by atoms with E-state index in [4.69, 9.17) is 38.2 Å². The monoisotopic (exact) mass is 242 g/mol. The van der Waals surface area contributed by atoms with Crippen LogP contribution in [0.15, 0.2) is 0 Å². The molecule has 0 bridgehead atoms. The first-order chi connectivity index (χ1) is 5.71. The van der Waals surface area contributed by atoms with Gasteiger partial charge in [-0.05, 0) is 0 Å². The van der Waals surface area contributed by atoms with E-state index in [0.29, 0.717) is 6.42 Å². The van der Waals surface area contributed by atoms with E-state index in [1.165, 1.54) is 0 Å². The SMILES string of the molecule is O=C(O)C(F)(F)F.OCCC(Cl)Cl. The average Bonchev–Trinajstić information content (AvgIpc) is 1.85. The fourth-order valence-corrected chi connectivity index (χ4v) is 0.293. The molecule has 0 saturated heterocycles. The summed E-state index contributed by atoms with van der Waals surface area (Å²) in [6.45, 7) is 0.0671. The van der Waals surface area contributed by atoms with Crippen molar-refractivity contribution in [3.8, 4) is 0 Å². The maximum atomic E-state index is 10.6. The van der Waals surface area contributed by atoms with Gasteiger partial charge in [-0.25, -0.2) is 4.79 Å². The van der Waals surface area contributed by atoms with Gasteiger partial charge < -0.3 is 10.2 Å². The van der Waals surface area contributed by atoms with E-state index in [-0.39, 0.29) is 6.61 Å². The molecule has 13 heavy (non-hydrogen) atoms. The molecule has 2 N–H and O–H groups in total. The van der Waals surface area contributed by atoms with Crippen LogP contribution in [0.2, 0.25) is 0 Å². The van der Waals surface area contributed by atoms with E-state index in [1.54, 1.807) is 0 Å². The molecule has 80 valence electrons. The van der Waals surface area contributed by atoms with Crippen LogP contribution in [0.3, 0.4) is 0 Å². The summed E-state index contributed by atoms with van der Waals surface area (Å²) in [6.07, 6.45) is -4.62. The number of carboxylic acid groups (broad SMARTS) is 1. The van der Waals surface area contributed by atoms with Crippen molar-refractivity contribution < 1.29 is 28.2 Å². The highest BCUT2D eigenvalue weighted by atomic mass is 35.5. The van der Waals surface area contributed by atoms with Crippen LogP contribution in [0.5, 0.6) is 0 Å². The molecule has 0 aromatic heterocycles. The average molecular weight is 243 g/mol. The zero-order chi connectivity index (χ0) is 11.1. The lowest BCUT2D eigenvalue weighted by molar-refractivity contribution is -0.192. The fourth-order valence-electron chi connectivity index (χ4n) is 0.0976. The minimum Gasteiger partial charge on any atom is -0.475 e. The van der Waals surface area contributed by atoms with Gasteiger partial charge in [0.2, 0.25) is 0 Å². The molecular formula is C5H7Cl2F3O3. The van der Waals surface area contributed by atoms with Crippen LogP contribution in [0.1, 0.15) is 6.42 Å². The zero-order valence-corrected chi connectivity index (χ0v) is 7.70. The van der Waals surface area contributed by atoms with Gasteiger partial charge in [-0.15, -0.1) is 23.2 Å². The van der Waals surface area contributed by atoms with Crippen molar-refractivity contribution >= 4 is 29.2 Å². The third kappa shape index (κ3) is 14.6. The molecule has 0 aromatic rings. The molecule has 0 amide bonds. The van der Waals surface area contributed by atoms with Gasteiger partial charge in [0.15, 0.2) is 0 Å². The Kier molecular flexibility index (Phi) is 8.49. The molecule has 0 heterocycles. The Morgan fingerprint density at radius 3 is 1.69 bits per heavy atom. The number of halogens is 5. The Hall–Kier alpha value is -0.200. The van der Waals surface area contributed by atoms with E-state index in [1.807, 2.05) is 0 Å². The summed E-state index contributed by atoms with van der Waals surface area (Å²) in [5.74, 6) is -2.76. The van der Waals surface area contributed by atoms with Crippen molar-refractivity contribution in [3.05, 3.63) is 0 Å². The molecule has 0 saturated carbocycles. The second kappa shape index (κ2) is 7.23. The fraction of sp³-hybridized carbons (Fsp3) is 0.800. The minimum atomic E-state index is -5.08. The largest absolute Gasteiger partial charge is 0.490 e. The van der Waals surface area contributed by atoms with Gasteiger partial charge in [-0.1, -0.05) is 0 Å². The van der Waals surface area contributed by atoms with Gasteiger partial charge >= 0.3 is 12.1 Å². The summed E-state index contributed by atoms with van der Waals surface area (Å²) in [6, 6.07) is 0. The van der Waals surface area contributed by atoms with Crippen LogP contribution < -0.4 is 0 Å². The Morgan fingerprint density at radius 1 is 1.38 bits per heavy atom. The number of aliphatic hydroxyl groups is 1. The summed E-state index contributed by atoms with van der Waals surface area (Å²) in [5.41, 5.74) is 0. The molecular weight excluding hydrogens is 236 g/mol. The molecule has 8 heteroatoms. The lowest BCUT2D eigenvalue weighted by Crippen LogP contribution is -2.21. The third-order valence-electron chi connectivity index (χ3n) is 0.590. The first kappa shape index (κ1) is 15.3. The van der Waals surface area contributed by atoms with Crippen LogP contribution in [-0.2, 0) is 4.79 Å². The topological polar surface area (TPSA) is 57.5 Å². The lowest BCUT2D eigenvalue weighted by Gasteiger charge is -1.93. The van der Waals surface area contributed by atoms with Gasteiger partial charge in [0.1, 0.15) is 4.84 Å². The highest BCUT2D eigenvalue weighted by Gasteiger charge is 2.38.